The van der Waals surface area contributed by atoms with E-state index in [0.717, 1.165) is 42.9 Å². The van der Waals surface area contributed by atoms with Crippen LogP contribution in [0.3, 0.4) is 0 Å². The molecule has 144 valence electrons. The summed E-state index contributed by atoms with van der Waals surface area (Å²) in [5.41, 5.74) is 5.38. The van der Waals surface area contributed by atoms with Crippen LogP contribution in [-0.2, 0) is 25.7 Å². The molecule has 0 spiro atoms. The average molecular weight is 374 g/mol. The highest BCUT2D eigenvalue weighted by atomic mass is 16.6. The third-order valence-corrected chi connectivity index (χ3v) is 5.16. The molecular formula is C25H26O3. The quantitative estimate of drug-likeness (QED) is 0.580. The van der Waals surface area contributed by atoms with Crippen molar-refractivity contribution in [2.45, 2.75) is 25.7 Å². The third kappa shape index (κ3) is 4.66. The van der Waals surface area contributed by atoms with E-state index >= 15 is 0 Å². The van der Waals surface area contributed by atoms with Crippen molar-refractivity contribution in [2.75, 3.05) is 20.3 Å². The predicted molar refractivity (Wildman–Crippen MR) is 112 cm³/mol. The average Bonchev–Trinajstić information content (AvgIpc) is 2.77. The van der Waals surface area contributed by atoms with E-state index in [1.807, 2.05) is 18.2 Å². The zero-order valence-corrected chi connectivity index (χ0v) is 16.3. The summed E-state index contributed by atoms with van der Waals surface area (Å²) in [7, 11) is 1.70. The van der Waals surface area contributed by atoms with Crippen molar-refractivity contribution in [3.63, 3.8) is 0 Å². The van der Waals surface area contributed by atoms with Crippen LogP contribution in [0.2, 0.25) is 0 Å². The lowest BCUT2D eigenvalue weighted by atomic mass is 9.99. The Balaban J connectivity index is 1.34. The molecule has 0 aromatic heterocycles. The molecule has 0 radical (unpaired) electrons. The van der Waals surface area contributed by atoms with Gasteiger partial charge in [0.2, 0.25) is 0 Å². The maximum Gasteiger partial charge on any atom is 0.161 e. The van der Waals surface area contributed by atoms with Crippen LogP contribution in [0.1, 0.15) is 22.3 Å². The molecule has 3 aromatic carbocycles. The highest BCUT2D eigenvalue weighted by Crippen LogP contribution is 2.31. The fraction of sp³-hybridized carbons (Fsp3) is 0.280. The smallest absolute Gasteiger partial charge is 0.161 e. The van der Waals surface area contributed by atoms with Gasteiger partial charge in [-0.1, -0.05) is 42.5 Å². The Kier molecular flexibility index (Phi) is 5.81. The maximum absolute atomic E-state index is 5.69. The Morgan fingerprint density at radius 3 is 1.89 bits per heavy atom. The van der Waals surface area contributed by atoms with Crippen molar-refractivity contribution in [3.8, 4) is 17.2 Å². The van der Waals surface area contributed by atoms with Crippen molar-refractivity contribution >= 4 is 0 Å². The first-order valence-electron chi connectivity index (χ1n) is 9.89. The molecule has 3 nitrogen and oxygen atoms in total. The van der Waals surface area contributed by atoms with Gasteiger partial charge < -0.3 is 14.2 Å². The van der Waals surface area contributed by atoms with Gasteiger partial charge in [-0.15, -0.1) is 0 Å². The first kappa shape index (κ1) is 18.4. The van der Waals surface area contributed by atoms with E-state index in [1.165, 1.54) is 22.3 Å². The molecule has 3 aromatic rings. The van der Waals surface area contributed by atoms with E-state index in [2.05, 4.69) is 48.5 Å². The summed E-state index contributed by atoms with van der Waals surface area (Å²) >= 11 is 0. The number of rotatable bonds is 7. The lowest BCUT2D eigenvalue weighted by Crippen LogP contribution is -2.15. The van der Waals surface area contributed by atoms with E-state index in [-0.39, 0.29) is 0 Å². The van der Waals surface area contributed by atoms with Crippen LogP contribution in [-0.4, -0.2) is 20.3 Å². The van der Waals surface area contributed by atoms with E-state index in [1.54, 1.807) is 7.11 Å². The number of hydrogen-bond donors (Lipinski definition) is 0. The lowest BCUT2D eigenvalue weighted by molar-refractivity contribution is 0.171. The molecule has 1 aliphatic heterocycles. The molecule has 0 fully saturated rings. The van der Waals surface area contributed by atoms with E-state index < -0.39 is 0 Å². The van der Waals surface area contributed by atoms with Crippen LogP contribution < -0.4 is 14.2 Å². The number of fused-ring (bicyclic) bond motifs is 1. The van der Waals surface area contributed by atoms with Gasteiger partial charge in [0, 0.05) is 0 Å². The summed E-state index contributed by atoms with van der Waals surface area (Å²) < 4.78 is 16.5. The molecule has 1 heterocycles. The Labute approximate surface area is 166 Å². The van der Waals surface area contributed by atoms with E-state index in [0.29, 0.717) is 13.2 Å². The second kappa shape index (κ2) is 8.83. The molecule has 28 heavy (non-hydrogen) atoms. The molecule has 0 bridgehead atoms. The van der Waals surface area contributed by atoms with Crippen molar-refractivity contribution in [1.29, 1.82) is 0 Å². The van der Waals surface area contributed by atoms with Crippen molar-refractivity contribution < 1.29 is 14.2 Å². The van der Waals surface area contributed by atoms with Gasteiger partial charge in [0.25, 0.3) is 0 Å². The number of aryl methyl sites for hydroxylation is 4. The van der Waals surface area contributed by atoms with Crippen molar-refractivity contribution in [3.05, 3.63) is 89.0 Å². The van der Waals surface area contributed by atoms with Gasteiger partial charge in [-0.2, -0.15) is 0 Å². The highest BCUT2D eigenvalue weighted by molar-refractivity contribution is 5.44. The molecule has 4 rings (SSSR count). The van der Waals surface area contributed by atoms with Crippen LogP contribution in [0.5, 0.6) is 17.2 Å². The van der Waals surface area contributed by atoms with E-state index in [9.17, 15) is 0 Å². The van der Waals surface area contributed by atoms with Crippen LogP contribution in [0, 0.1) is 0 Å². The Hall–Kier alpha value is -2.94. The molecule has 0 unspecified atom stereocenters. The highest BCUT2D eigenvalue weighted by Gasteiger charge is 2.11. The summed E-state index contributed by atoms with van der Waals surface area (Å²) in [6.45, 7) is 1.27. The number of benzene rings is 3. The molecular weight excluding hydrogens is 348 g/mol. The molecule has 0 saturated heterocycles. The summed E-state index contributed by atoms with van der Waals surface area (Å²) in [5.74, 6) is 2.64. The zero-order chi connectivity index (χ0) is 19.2. The van der Waals surface area contributed by atoms with Gasteiger partial charge in [0.05, 0.1) is 7.11 Å². The van der Waals surface area contributed by atoms with Crippen LogP contribution in [0.15, 0.2) is 66.7 Å². The summed E-state index contributed by atoms with van der Waals surface area (Å²) in [6.07, 6.45) is 4.11. The van der Waals surface area contributed by atoms with E-state index in [4.69, 9.17) is 14.2 Å². The fourth-order valence-electron chi connectivity index (χ4n) is 3.55. The minimum atomic E-state index is 0.632. The second-order valence-corrected chi connectivity index (χ2v) is 7.15. The van der Waals surface area contributed by atoms with Crippen LogP contribution >= 0.6 is 0 Å². The fourth-order valence-corrected chi connectivity index (χ4v) is 3.55. The normalized spacial score (nSPS) is 12.6. The summed E-state index contributed by atoms with van der Waals surface area (Å²) in [5, 5.41) is 0. The summed E-state index contributed by atoms with van der Waals surface area (Å²) in [6, 6.07) is 23.6. The minimum Gasteiger partial charge on any atom is -0.497 e. The zero-order valence-electron chi connectivity index (χ0n) is 16.3. The summed E-state index contributed by atoms with van der Waals surface area (Å²) in [4.78, 5) is 0. The van der Waals surface area contributed by atoms with Crippen LogP contribution in [0.25, 0.3) is 0 Å². The second-order valence-electron chi connectivity index (χ2n) is 7.15. The van der Waals surface area contributed by atoms with Gasteiger partial charge in [-0.05, 0) is 72.2 Å². The molecule has 0 atom stereocenters. The Bertz CT molecular complexity index is 915. The predicted octanol–water partition coefficient (Wildman–Crippen LogP) is 5.04. The molecule has 3 heteroatoms. The molecule has 0 amide bonds. The van der Waals surface area contributed by atoms with Gasteiger partial charge in [-0.3, -0.25) is 0 Å². The van der Waals surface area contributed by atoms with Gasteiger partial charge in [0.15, 0.2) is 11.5 Å². The van der Waals surface area contributed by atoms with Gasteiger partial charge >= 0.3 is 0 Å². The topological polar surface area (TPSA) is 27.7 Å². The minimum absolute atomic E-state index is 0.632. The molecule has 1 aliphatic rings. The maximum atomic E-state index is 5.69. The number of methoxy groups -OCH3 is 1. The molecule has 0 aliphatic carbocycles. The number of hydrogen-bond acceptors (Lipinski definition) is 3. The third-order valence-electron chi connectivity index (χ3n) is 5.16. The molecule has 0 N–H and O–H groups in total. The standard InChI is InChI=1S/C25H26O3/c1-26-23-12-9-19(10-13-23)5-6-20-3-2-4-21(17-20)7-8-22-11-14-24-25(18-22)28-16-15-27-24/h2-4,9-14,17-18H,5-8,15-16H2,1H3. The lowest BCUT2D eigenvalue weighted by Gasteiger charge is -2.18. The SMILES string of the molecule is COc1ccc(CCc2cccc(CCc3ccc4c(c3)OCCO4)c2)cc1. The monoisotopic (exact) mass is 374 g/mol. The Morgan fingerprint density at radius 2 is 1.21 bits per heavy atom. The Morgan fingerprint density at radius 1 is 0.643 bits per heavy atom. The van der Waals surface area contributed by atoms with Crippen LogP contribution in [0.4, 0.5) is 0 Å². The molecule has 0 saturated carbocycles. The first-order chi connectivity index (χ1) is 13.8. The van der Waals surface area contributed by atoms with Gasteiger partial charge in [-0.25, -0.2) is 0 Å². The van der Waals surface area contributed by atoms with Crippen molar-refractivity contribution in [2.24, 2.45) is 0 Å². The van der Waals surface area contributed by atoms with Gasteiger partial charge in [0.1, 0.15) is 19.0 Å². The first-order valence-corrected chi connectivity index (χ1v) is 9.89. The largest absolute Gasteiger partial charge is 0.497 e. The number of ether oxygens (including phenoxy) is 3. The van der Waals surface area contributed by atoms with Crippen molar-refractivity contribution in [1.82, 2.24) is 0 Å².